The van der Waals surface area contributed by atoms with E-state index in [-0.39, 0.29) is 17.7 Å². The number of thiophene rings is 1. The third-order valence-corrected chi connectivity index (χ3v) is 7.68. The van der Waals surface area contributed by atoms with Crippen molar-refractivity contribution >= 4 is 23.2 Å². The van der Waals surface area contributed by atoms with Crippen molar-refractivity contribution in [2.24, 2.45) is 0 Å². The van der Waals surface area contributed by atoms with E-state index in [9.17, 15) is 14.7 Å². The lowest BCUT2D eigenvalue weighted by Crippen LogP contribution is -2.42. The first-order chi connectivity index (χ1) is 18.0. The van der Waals surface area contributed by atoms with Crippen molar-refractivity contribution in [2.45, 2.75) is 58.4 Å². The summed E-state index contributed by atoms with van der Waals surface area (Å²) in [5.41, 5.74) is 5.50. The van der Waals surface area contributed by atoms with Crippen LogP contribution >= 0.6 is 11.3 Å². The third-order valence-electron chi connectivity index (χ3n) is 6.44. The SMILES string of the molecule is CC(C)c1cc(C(=O)NC(Cc2ccc(-c3ncc(-c4ccc(C(C)(C)C)cc4)cn3)cc2)C(=O)O)cs1. The van der Waals surface area contributed by atoms with Gasteiger partial charge in [0.1, 0.15) is 6.04 Å². The molecule has 0 aliphatic carbocycles. The fourth-order valence-electron chi connectivity index (χ4n) is 4.03. The minimum atomic E-state index is -1.07. The van der Waals surface area contributed by atoms with Crippen molar-refractivity contribution in [1.82, 2.24) is 15.3 Å². The number of benzene rings is 2. The third kappa shape index (κ3) is 6.53. The van der Waals surface area contributed by atoms with Gasteiger partial charge in [0.15, 0.2) is 5.82 Å². The van der Waals surface area contributed by atoms with Gasteiger partial charge < -0.3 is 10.4 Å². The number of carboxylic acid groups (broad SMARTS) is 1. The van der Waals surface area contributed by atoms with E-state index in [1.54, 1.807) is 5.38 Å². The molecule has 2 heterocycles. The van der Waals surface area contributed by atoms with E-state index in [1.165, 1.54) is 16.9 Å². The van der Waals surface area contributed by atoms with Crippen molar-refractivity contribution in [3.05, 3.63) is 93.9 Å². The zero-order valence-corrected chi connectivity index (χ0v) is 23.2. The fourth-order valence-corrected chi connectivity index (χ4v) is 4.94. The largest absolute Gasteiger partial charge is 0.480 e. The van der Waals surface area contributed by atoms with Crippen LogP contribution < -0.4 is 5.32 Å². The zero-order valence-electron chi connectivity index (χ0n) is 22.4. The normalized spacial score (nSPS) is 12.4. The second kappa shape index (κ2) is 11.3. The first-order valence-electron chi connectivity index (χ1n) is 12.7. The molecule has 0 bridgehead atoms. The molecule has 2 aromatic heterocycles. The van der Waals surface area contributed by atoms with E-state index in [0.29, 0.717) is 17.3 Å². The molecule has 0 aliphatic heterocycles. The Hall–Kier alpha value is -3.84. The molecule has 38 heavy (non-hydrogen) atoms. The number of nitrogens with zero attached hydrogens (tertiary/aromatic N) is 2. The first-order valence-corrected chi connectivity index (χ1v) is 13.5. The number of aromatic nitrogens is 2. The Bertz CT molecular complexity index is 1400. The maximum atomic E-state index is 12.6. The van der Waals surface area contributed by atoms with Crippen molar-refractivity contribution in [3.63, 3.8) is 0 Å². The Balaban J connectivity index is 1.42. The number of amides is 1. The molecule has 4 rings (SSSR count). The maximum absolute atomic E-state index is 12.6. The minimum absolute atomic E-state index is 0.0999. The van der Waals surface area contributed by atoms with Crippen LogP contribution in [0.4, 0.5) is 0 Å². The molecule has 6 nitrogen and oxygen atoms in total. The number of hydrogen-bond donors (Lipinski definition) is 2. The Morgan fingerprint density at radius 1 is 0.921 bits per heavy atom. The Morgan fingerprint density at radius 2 is 1.53 bits per heavy atom. The van der Waals surface area contributed by atoms with E-state index in [4.69, 9.17) is 0 Å². The van der Waals surface area contributed by atoms with E-state index in [0.717, 1.165) is 27.1 Å². The predicted octanol–water partition coefficient (Wildman–Crippen LogP) is 6.72. The van der Waals surface area contributed by atoms with Crippen LogP contribution in [0, 0.1) is 0 Å². The average Bonchev–Trinajstić information content (AvgIpc) is 3.40. The molecule has 0 saturated carbocycles. The van der Waals surface area contributed by atoms with Gasteiger partial charge in [-0.3, -0.25) is 4.79 Å². The number of aliphatic carboxylic acids is 1. The predicted molar refractivity (Wildman–Crippen MR) is 153 cm³/mol. The Kier molecular flexibility index (Phi) is 8.07. The molecule has 0 spiro atoms. The summed E-state index contributed by atoms with van der Waals surface area (Å²) < 4.78 is 0. The molecule has 1 amide bonds. The summed E-state index contributed by atoms with van der Waals surface area (Å²) in [5, 5.41) is 14.1. The quantitative estimate of drug-likeness (QED) is 0.265. The lowest BCUT2D eigenvalue weighted by Gasteiger charge is -2.19. The standard InChI is InChI=1S/C31H33N3O3S/c1-19(2)27-15-23(18-38-27)29(35)34-26(30(36)37)14-20-6-8-22(9-7-20)28-32-16-24(17-33-28)21-10-12-25(13-11-21)31(3,4)5/h6-13,15-19,26H,14H2,1-5H3,(H,34,35)(H,36,37). The Morgan fingerprint density at radius 3 is 2.05 bits per heavy atom. The summed E-state index contributed by atoms with van der Waals surface area (Å²) in [5.74, 6) is -0.543. The highest BCUT2D eigenvalue weighted by molar-refractivity contribution is 7.10. The highest BCUT2D eigenvalue weighted by atomic mass is 32.1. The van der Waals surface area contributed by atoms with E-state index in [2.05, 4.69) is 74.2 Å². The maximum Gasteiger partial charge on any atom is 0.326 e. The van der Waals surface area contributed by atoms with Gasteiger partial charge in [0, 0.05) is 40.2 Å². The van der Waals surface area contributed by atoms with Crippen LogP contribution in [-0.2, 0) is 16.6 Å². The molecule has 2 N–H and O–H groups in total. The smallest absolute Gasteiger partial charge is 0.326 e. The molecule has 0 aliphatic rings. The van der Waals surface area contributed by atoms with E-state index >= 15 is 0 Å². The molecular formula is C31H33N3O3S. The van der Waals surface area contributed by atoms with Crippen LogP contribution in [0.1, 0.15) is 66.9 Å². The molecular weight excluding hydrogens is 494 g/mol. The van der Waals surface area contributed by atoms with Gasteiger partial charge in [-0.05, 0) is 34.1 Å². The monoisotopic (exact) mass is 527 g/mol. The first kappa shape index (κ1) is 27.2. The second-order valence-electron chi connectivity index (χ2n) is 10.8. The van der Waals surface area contributed by atoms with E-state index in [1.807, 2.05) is 42.7 Å². The summed E-state index contributed by atoms with van der Waals surface area (Å²) in [6, 6.07) is 16.7. The summed E-state index contributed by atoms with van der Waals surface area (Å²) in [6.07, 6.45) is 3.80. The molecule has 1 unspecified atom stereocenters. The summed E-state index contributed by atoms with van der Waals surface area (Å²) in [6.45, 7) is 10.7. The number of carboxylic acids is 1. The van der Waals surface area contributed by atoms with Crippen molar-refractivity contribution in [2.75, 3.05) is 0 Å². The molecule has 1 atom stereocenters. The van der Waals surface area contributed by atoms with Crippen molar-refractivity contribution < 1.29 is 14.7 Å². The summed E-state index contributed by atoms with van der Waals surface area (Å²) in [4.78, 5) is 34.7. The van der Waals surface area contributed by atoms with Gasteiger partial charge in [-0.15, -0.1) is 11.3 Å². The molecule has 0 saturated heterocycles. The van der Waals surface area contributed by atoms with Gasteiger partial charge in [0.05, 0.1) is 5.56 Å². The number of carbonyl (C=O) groups excluding carboxylic acids is 1. The van der Waals surface area contributed by atoms with Gasteiger partial charge >= 0.3 is 5.97 Å². The van der Waals surface area contributed by atoms with Gasteiger partial charge in [0.25, 0.3) is 5.91 Å². The summed E-state index contributed by atoms with van der Waals surface area (Å²) >= 11 is 1.51. The van der Waals surface area contributed by atoms with Crippen molar-refractivity contribution in [3.8, 4) is 22.5 Å². The van der Waals surface area contributed by atoms with Crippen LogP contribution in [0.2, 0.25) is 0 Å². The molecule has 4 aromatic rings. The van der Waals surface area contributed by atoms with Crippen LogP contribution in [0.25, 0.3) is 22.5 Å². The van der Waals surface area contributed by atoms with Crippen LogP contribution in [0.3, 0.4) is 0 Å². The fraction of sp³-hybridized carbons (Fsp3) is 0.290. The van der Waals surface area contributed by atoms with Gasteiger partial charge in [-0.2, -0.15) is 0 Å². The van der Waals surface area contributed by atoms with Gasteiger partial charge in [-0.1, -0.05) is 83.1 Å². The van der Waals surface area contributed by atoms with Crippen LogP contribution in [0.5, 0.6) is 0 Å². The molecule has 2 aromatic carbocycles. The number of nitrogens with one attached hydrogen (secondary N) is 1. The van der Waals surface area contributed by atoms with Gasteiger partial charge in [-0.25, -0.2) is 14.8 Å². The van der Waals surface area contributed by atoms with Crippen LogP contribution in [-0.4, -0.2) is 33.0 Å². The topological polar surface area (TPSA) is 92.2 Å². The molecule has 0 radical (unpaired) electrons. The molecule has 7 heteroatoms. The summed E-state index contributed by atoms with van der Waals surface area (Å²) in [7, 11) is 0. The highest BCUT2D eigenvalue weighted by Gasteiger charge is 2.22. The lowest BCUT2D eigenvalue weighted by atomic mass is 9.86. The zero-order chi connectivity index (χ0) is 27.4. The van der Waals surface area contributed by atoms with Crippen LogP contribution in [0.15, 0.2) is 72.4 Å². The highest BCUT2D eigenvalue weighted by Crippen LogP contribution is 2.27. The average molecular weight is 528 g/mol. The minimum Gasteiger partial charge on any atom is -0.480 e. The molecule has 196 valence electrons. The van der Waals surface area contributed by atoms with Crippen molar-refractivity contribution in [1.29, 1.82) is 0 Å². The number of rotatable bonds is 8. The number of hydrogen-bond acceptors (Lipinski definition) is 5. The molecule has 0 fully saturated rings. The van der Waals surface area contributed by atoms with Gasteiger partial charge in [0.2, 0.25) is 0 Å². The second-order valence-corrected chi connectivity index (χ2v) is 11.7. The Labute approximate surface area is 227 Å². The van der Waals surface area contributed by atoms with E-state index < -0.39 is 12.0 Å². The number of carbonyl (C=O) groups is 2. The lowest BCUT2D eigenvalue weighted by molar-refractivity contribution is -0.139.